The van der Waals surface area contributed by atoms with Crippen LogP contribution in [0.5, 0.6) is 11.5 Å². The molecule has 0 fully saturated rings. The fraction of sp³-hybridized carbons (Fsp3) is 0.600. The zero-order chi connectivity index (χ0) is 14.1. The van der Waals surface area contributed by atoms with Crippen molar-refractivity contribution in [1.29, 1.82) is 0 Å². The molecule has 108 valence electrons. The van der Waals surface area contributed by atoms with E-state index in [-0.39, 0.29) is 0 Å². The number of unbranched alkanes of at least 4 members (excludes halogenated alkanes) is 1. The summed E-state index contributed by atoms with van der Waals surface area (Å²) in [7, 11) is 5.32. The zero-order valence-electron chi connectivity index (χ0n) is 12.4. The molecule has 1 N–H and O–H groups in total. The third-order valence-electron chi connectivity index (χ3n) is 3.12. The van der Waals surface area contributed by atoms with E-state index in [2.05, 4.69) is 18.3 Å². The highest BCUT2D eigenvalue weighted by Crippen LogP contribution is 2.30. The van der Waals surface area contributed by atoms with Crippen LogP contribution >= 0.6 is 0 Å². The highest BCUT2D eigenvalue weighted by molar-refractivity contribution is 5.43. The van der Waals surface area contributed by atoms with E-state index < -0.39 is 0 Å². The van der Waals surface area contributed by atoms with Gasteiger partial charge in [-0.1, -0.05) is 6.07 Å². The molecule has 1 rings (SSSR count). The van der Waals surface area contributed by atoms with Crippen LogP contribution in [0.2, 0.25) is 0 Å². The monoisotopic (exact) mass is 267 g/mol. The molecule has 0 aliphatic rings. The maximum atomic E-state index is 5.74. The fourth-order valence-corrected chi connectivity index (χ4v) is 1.77. The Morgan fingerprint density at radius 1 is 1.11 bits per heavy atom. The second-order valence-electron chi connectivity index (χ2n) is 4.47. The molecule has 0 radical (unpaired) electrons. The molecule has 1 atom stereocenters. The van der Waals surface area contributed by atoms with Gasteiger partial charge in [-0.05, 0) is 44.5 Å². The third-order valence-corrected chi connectivity index (χ3v) is 3.12. The standard InChI is InChI=1S/C15H25NO3/c1-12(16-2)13-7-8-14(15(11-13)18-4)19-10-6-5-9-17-3/h7-8,11-12,16H,5-6,9-10H2,1-4H3. The van der Waals surface area contributed by atoms with Gasteiger partial charge in [0.15, 0.2) is 11.5 Å². The molecular weight excluding hydrogens is 242 g/mol. The Labute approximate surface area is 116 Å². The molecule has 1 aromatic rings. The summed E-state index contributed by atoms with van der Waals surface area (Å²) in [6.45, 7) is 3.57. The molecule has 0 saturated carbocycles. The summed E-state index contributed by atoms with van der Waals surface area (Å²) in [6.07, 6.45) is 1.99. The number of benzene rings is 1. The highest BCUT2D eigenvalue weighted by atomic mass is 16.5. The minimum absolute atomic E-state index is 0.296. The van der Waals surface area contributed by atoms with Crippen LogP contribution in [-0.2, 0) is 4.74 Å². The minimum Gasteiger partial charge on any atom is -0.493 e. The number of ether oxygens (including phenoxy) is 3. The molecular formula is C15H25NO3. The number of hydrogen-bond donors (Lipinski definition) is 1. The van der Waals surface area contributed by atoms with Crippen LogP contribution in [0.15, 0.2) is 18.2 Å². The van der Waals surface area contributed by atoms with E-state index in [1.54, 1.807) is 14.2 Å². The number of nitrogens with one attached hydrogen (secondary N) is 1. The van der Waals surface area contributed by atoms with Crippen molar-refractivity contribution in [3.8, 4) is 11.5 Å². The molecule has 19 heavy (non-hydrogen) atoms. The first-order valence-corrected chi connectivity index (χ1v) is 6.69. The SMILES string of the molecule is CNC(C)c1ccc(OCCCCOC)c(OC)c1. The van der Waals surface area contributed by atoms with E-state index in [1.807, 2.05) is 19.2 Å². The van der Waals surface area contributed by atoms with Gasteiger partial charge in [0.05, 0.1) is 13.7 Å². The molecule has 1 unspecified atom stereocenters. The number of rotatable bonds is 9. The number of methoxy groups -OCH3 is 2. The first-order valence-electron chi connectivity index (χ1n) is 6.69. The van der Waals surface area contributed by atoms with Crippen molar-refractivity contribution in [2.75, 3.05) is 34.5 Å². The maximum Gasteiger partial charge on any atom is 0.161 e. The van der Waals surface area contributed by atoms with Crippen LogP contribution in [0, 0.1) is 0 Å². The van der Waals surface area contributed by atoms with Gasteiger partial charge < -0.3 is 19.5 Å². The lowest BCUT2D eigenvalue weighted by molar-refractivity contribution is 0.183. The van der Waals surface area contributed by atoms with E-state index in [1.165, 1.54) is 5.56 Å². The minimum atomic E-state index is 0.296. The van der Waals surface area contributed by atoms with Gasteiger partial charge in [0.1, 0.15) is 0 Å². The van der Waals surface area contributed by atoms with Crippen LogP contribution < -0.4 is 14.8 Å². The summed E-state index contributed by atoms with van der Waals surface area (Å²) < 4.78 is 16.1. The maximum absolute atomic E-state index is 5.74. The second kappa shape index (κ2) is 8.77. The quantitative estimate of drug-likeness (QED) is 0.698. The Hall–Kier alpha value is -1.26. The van der Waals surface area contributed by atoms with Crippen molar-refractivity contribution in [2.24, 2.45) is 0 Å². The largest absolute Gasteiger partial charge is 0.493 e. The van der Waals surface area contributed by atoms with Crippen molar-refractivity contribution < 1.29 is 14.2 Å². The summed E-state index contributed by atoms with van der Waals surface area (Å²) >= 11 is 0. The predicted molar refractivity (Wildman–Crippen MR) is 77.1 cm³/mol. The van der Waals surface area contributed by atoms with Gasteiger partial charge in [0.25, 0.3) is 0 Å². The lowest BCUT2D eigenvalue weighted by Gasteiger charge is -2.15. The second-order valence-corrected chi connectivity index (χ2v) is 4.47. The smallest absolute Gasteiger partial charge is 0.161 e. The van der Waals surface area contributed by atoms with Gasteiger partial charge in [-0.15, -0.1) is 0 Å². The average molecular weight is 267 g/mol. The number of hydrogen-bond acceptors (Lipinski definition) is 4. The Bertz CT molecular complexity index is 368. The first kappa shape index (κ1) is 15.8. The van der Waals surface area contributed by atoms with Gasteiger partial charge in [0.2, 0.25) is 0 Å². The van der Waals surface area contributed by atoms with Crippen LogP contribution in [0.25, 0.3) is 0 Å². The predicted octanol–water partition coefficient (Wildman–Crippen LogP) is 2.78. The van der Waals surface area contributed by atoms with E-state index in [4.69, 9.17) is 14.2 Å². The summed E-state index contributed by atoms with van der Waals surface area (Å²) in [4.78, 5) is 0. The Balaban J connectivity index is 2.58. The Kier molecular flexibility index (Phi) is 7.30. The molecule has 4 heteroatoms. The molecule has 0 aliphatic carbocycles. The fourth-order valence-electron chi connectivity index (χ4n) is 1.77. The normalized spacial score (nSPS) is 12.2. The van der Waals surface area contributed by atoms with Crippen LogP contribution in [0.3, 0.4) is 0 Å². The van der Waals surface area contributed by atoms with E-state index in [0.717, 1.165) is 30.9 Å². The highest BCUT2D eigenvalue weighted by Gasteiger charge is 2.09. The van der Waals surface area contributed by atoms with Crippen molar-refractivity contribution in [1.82, 2.24) is 5.32 Å². The molecule has 0 spiro atoms. The summed E-state index contributed by atoms with van der Waals surface area (Å²) in [5, 5.41) is 3.21. The Morgan fingerprint density at radius 3 is 2.47 bits per heavy atom. The molecule has 0 bridgehead atoms. The van der Waals surface area contributed by atoms with E-state index >= 15 is 0 Å². The Morgan fingerprint density at radius 2 is 1.84 bits per heavy atom. The lowest BCUT2D eigenvalue weighted by atomic mass is 10.1. The zero-order valence-corrected chi connectivity index (χ0v) is 12.4. The molecule has 0 amide bonds. The van der Waals surface area contributed by atoms with Gasteiger partial charge >= 0.3 is 0 Å². The average Bonchev–Trinajstić information content (AvgIpc) is 2.46. The summed E-state index contributed by atoms with van der Waals surface area (Å²) in [5.41, 5.74) is 1.19. The van der Waals surface area contributed by atoms with Crippen molar-refractivity contribution in [3.63, 3.8) is 0 Å². The van der Waals surface area contributed by atoms with Crippen molar-refractivity contribution in [3.05, 3.63) is 23.8 Å². The molecule has 0 aromatic heterocycles. The summed E-state index contributed by atoms with van der Waals surface area (Å²) in [6, 6.07) is 6.35. The van der Waals surface area contributed by atoms with E-state index in [0.29, 0.717) is 12.6 Å². The van der Waals surface area contributed by atoms with Crippen molar-refractivity contribution >= 4 is 0 Å². The van der Waals surface area contributed by atoms with Gasteiger partial charge in [-0.25, -0.2) is 0 Å². The van der Waals surface area contributed by atoms with Crippen molar-refractivity contribution in [2.45, 2.75) is 25.8 Å². The van der Waals surface area contributed by atoms with Gasteiger partial charge in [-0.2, -0.15) is 0 Å². The molecule has 0 aliphatic heterocycles. The van der Waals surface area contributed by atoms with Crippen LogP contribution in [0.4, 0.5) is 0 Å². The lowest BCUT2D eigenvalue weighted by Crippen LogP contribution is -2.12. The van der Waals surface area contributed by atoms with Gasteiger partial charge in [0, 0.05) is 19.8 Å². The van der Waals surface area contributed by atoms with E-state index in [9.17, 15) is 0 Å². The van der Waals surface area contributed by atoms with Crippen LogP contribution in [-0.4, -0.2) is 34.5 Å². The molecule has 1 aromatic carbocycles. The summed E-state index contributed by atoms with van der Waals surface area (Å²) in [5.74, 6) is 1.58. The molecule has 0 heterocycles. The third kappa shape index (κ3) is 5.09. The van der Waals surface area contributed by atoms with Crippen LogP contribution in [0.1, 0.15) is 31.4 Å². The molecule has 0 saturated heterocycles. The topological polar surface area (TPSA) is 39.7 Å². The first-order chi connectivity index (χ1) is 9.22. The molecule has 4 nitrogen and oxygen atoms in total. The van der Waals surface area contributed by atoms with Gasteiger partial charge in [-0.3, -0.25) is 0 Å².